The minimum absolute atomic E-state index is 0.280. The van der Waals surface area contributed by atoms with Crippen LogP contribution in [-0.2, 0) is 6.42 Å². The topological polar surface area (TPSA) is 93.6 Å². The molecule has 2 heterocycles. The maximum atomic E-state index is 6.14. The summed E-state index contributed by atoms with van der Waals surface area (Å²) in [5.41, 5.74) is 7.12. The van der Waals surface area contributed by atoms with Crippen LogP contribution in [-0.4, -0.2) is 20.1 Å². The summed E-state index contributed by atoms with van der Waals surface area (Å²) in [6, 6.07) is -0.280. The molecule has 1 aliphatic rings. The zero-order valence-electron chi connectivity index (χ0n) is 12.5. The van der Waals surface area contributed by atoms with Crippen LogP contribution in [0.3, 0.4) is 0 Å². The molecule has 1 saturated carbocycles. The maximum Gasteiger partial charge on any atom is 0.243 e. The van der Waals surface area contributed by atoms with E-state index in [4.69, 9.17) is 10.3 Å². The Balaban J connectivity index is 1.65. The van der Waals surface area contributed by atoms with Crippen molar-refractivity contribution in [3.8, 4) is 0 Å². The molecule has 6 heteroatoms. The Morgan fingerprint density at radius 1 is 1.48 bits per heavy atom. The second-order valence-electron chi connectivity index (χ2n) is 6.02. The molecule has 0 bridgehead atoms. The minimum Gasteiger partial charge on any atom is -0.348 e. The van der Waals surface area contributed by atoms with Gasteiger partial charge in [-0.25, -0.2) is 4.98 Å². The van der Waals surface area contributed by atoms with Gasteiger partial charge in [0.1, 0.15) is 0 Å². The summed E-state index contributed by atoms with van der Waals surface area (Å²) in [7, 11) is 0. The van der Waals surface area contributed by atoms with Crippen LogP contribution >= 0.6 is 0 Å². The molecular weight excluding hydrogens is 266 g/mol. The molecule has 0 spiro atoms. The van der Waals surface area contributed by atoms with Crippen molar-refractivity contribution in [1.82, 2.24) is 20.1 Å². The van der Waals surface area contributed by atoms with E-state index in [2.05, 4.69) is 27.0 Å². The van der Waals surface area contributed by atoms with E-state index in [1.807, 2.05) is 0 Å². The highest BCUT2D eigenvalue weighted by molar-refractivity contribution is 5.04. The van der Waals surface area contributed by atoms with Gasteiger partial charge in [0, 0.05) is 24.2 Å². The van der Waals surface area contributed by atoms with Gasteiger partial charge >= 0.3 is 0 Å². The Bertz CT molecular complexity index is 550. The Morgan fingerprint density at radius 3 is 3.14 bits per heavy atom. The fourth-order valence-corrected chi connectivity index (χ4v) is 3.18. The molecule has 1 fully saturated rings. The van der Waals surface area contributed by atoms with Crippen LogP contribution in [0.4, 0.5) is 0 Å². The predicted octanol–water partition coefficient (Wildman–Crippen LogP) is 2.72. The molecule has 2 aromatic rings. The van der Waals surface area contributed by atoms with Crippen molar-refractivity contribution in [1.29, 1.82) is 0 Å². The fourth-order valence-electron chi connectivity index (χ4n) is 3.18. The zero-order valence-corrected chi connectivity index (χ0v) is 12.5. The third-order valence-corrected chi connectivity index (χ3v) is 4.49. The van der Waals surface area contributed by atoms with E-state index < -0.39 is 0 Å². The average Bonchev–Trinajstić information content (AvgIpc) is 3.18. The normalized spacial score (nSPS) is 24.1. The summed E-state index contributed by atoms with van der Waals surface area (Å²) in [6.45, 7) is 2.26. The lowest BCUT2D eigenvalue weighted by Gasteiger charge is -2.26. The first-order chi connectivity index (χ1) is 10.3. The first-order valence-electron chi connectivity index (χ1n) is 7.82. The fraction of sp³-hybridized carbons (Fsp3) is 0.667. The van der Waals surface area contributed by atoms with E-state index in [0.29, 0.717) is 18.2 Å². The van der Waals surface area contributed by atoms with Crippen molar-refractivity contribution in [3.05, 3.63) is 29.9 Å². The van der Waals surface area contributed by atoms with Crippen molar-refractivity contribution < 1.29 is 4.52 Å². The number of rotatable bonds is 5. The van der Waals surface area contributed by atoms with Gasteiger partial charge in [-0.3, -0.25) is 0 Å². The summed E-state index contributed by atoms with van der Waals surface area (Å²) in [6.07, 6.45) is 10.2. The molecule has 114 valence electrons. The minimum atomic E-state index is -0.280. The van der Waals surface area contributed by atoms with Crippen LogP contribution in [0.2, 0.25) is 0 Å². The monoisotopic (exact) mass is 289 g/mol. The zero-order chi connectivity index (χ0) is 14.7. The highest BCUT2D eigenvalue weighted by Gasteiger charge is 2.27. The molecule has 0 saturated heterocycles. The Morgan fingerprint density at radius 2 is 2.38 bits per heavy atom. The predicted molar refractivity (Wildman–Crippen MR) is 78.5 cm³/mol. The molecule has 0 aliphatic heterocycles. The van der Waals surface area contributed by atoms with Gasteiger partial charge in [0.25, 0.3) is 0 Å². The lowest BCUT2D eigenvalue weighted by atomic mass is 9.80. The second-order valence-corrected chi connectivity index (χ2v) is 6.02. The van der Waals surface area contributed by atoms with E-state index in [-0.39, 0.29) is 6.04 Å². The van der Waals surface area contributed by atoms with Gasteiger partial charge in [-0.05, 0) is 18.8 Å². The van der Waals surface area contributed by atoms with Crippen molar-refractivity contribution in [3.63, 3.8) is 0 Å². The van der Waals surface area contributed by atoms with Gasteiger partial charge in [-0.1, -0.05) is 31.3 Å². The van der Waals surface area contributed by atoms with Crippen molar-refractivity contribution in [2.45, 2.75) is 57.4 Å². The smallest absolute Gasteiger partial charge is 0.243 e. The van der Waals surface area contributed by atoms with Gasteiger partial charge in [0.05, 0.1) is 12.4 Å². The summed E-state index contributed by atoms with van der Waals surface area (Å²) in [5.74, 6) is 2.59. The van der Waals surface area contributed by atoms with E-state index in [1.54, 1.807) is 12.5 Å². The number of hydrogen-bond acceptors (Lipinski definition) is 5. The quantitative estimate of drug-likeness (QED) is 0.882. The van der Waals surface area contributed by atoms with E-state index in [0.717, 1.165) is 23.9 Å². The SMILES string of the molecule is CCC1CCCC(c2noc([C@@H](N)Cc3cnc[nH]3)n2)C1. The van der Waals surface area contributed by atoms with Crippen molar-refractivity contribution in [2.75, 3.05) is 0 Å². The van der Waals surface area contributed by atoms with E-state index in [1.165, 1.54) is 25.7 Å². The molecule has 0 aromatic carbocycles. The largest absolute Gasteiger partial charge is 0.348 e. The molecule has 1 aliphatic carbocycles. The molecule has 3 atom stereocenters. The van der Waals surface area contributed by atoms with Gasteiger partial charge in [0.2, 0.25) is 5.89 Å². The average molecular weight is 289 g/mol. The highest BCUT2D eigenvalue weighted by Crippen LogP contribution is 2.36. The number of imidazole rings is 1. The third kappa shape index (κ3) is 3.32. The molecule has 2 unspecified atom stereocenters. The summed E-state index contributed by atoms with van der Waals surface area (Å²) >= 11 is 0. The van der Waals surface area contributed by atoms with Gasteiger partial charge < -0.3 is 15.2 Å². The molecule has 0 radical (unpaired) electrons. The molecule has 21 heavy (non-hydrogen) atoms. The van der Waals surface area contributed by atoms with Crippen molar-refractivity contribution in [2.24, 2.45) is 11.7 Å². The molecule has 0 amide bonds. The number of nitrogens with two attached hydrogens (primary N) is 1. The van der Waals surface area contributed by atoms with Crippen LogP contribution in [0.5, 0.6) is 0 Å². The second kappa shape index (κ2) is 6.39. The van der Waals surface area contributed by atoms with Crippen molar-refractivity contribution >= 4 is 0 Å². The molecule has 6 nitrogen and oxygen atoms in total. The number of aromatic amines is 1. The number of nitrogens with one attached hydrogen (secondary N) is 1. The van der Waals surface area contributed by atoms with Crippen LogP contribution in [0, 0.1) is 5.92 Å². The third-order valence-electron chi connectivity index (χ3n) is 4.49. The number of hydrogen-bond donors (Lipinski definition) is 2. The van der Waals surface area contributed by atoms with Crippen LogP contribution < -0.4 is 5.73 Å². The van der Waals surface area contributed by atoms with Crippen LogP contribution in [0.1, 0.15) is 68.4 Å². The Kier molecular flexibility index (Phi) is 4.34. The molecule has 2 aromatic heterocycles. The molecular formula is C15H23N5O. The Hall–Kier alpha value is -1.69. The number of aromatic nitrogens is 4. The molecule has 3 rings (SSSR count). The summed E-state index contributed by atoms with van der Waals surface area (Å²) < 4.78 is 5.38. The summed E-state index contributed by atoms with van der Waals surface area (Å²) in [5, 5.41) is 4.17. The standard InChI is InChI=1S/C15H23N5O/c1-2-10-4-3-5-11(6-10)14-19-15(21-20-14)13(16)7-12-8-17-9-18-12/h8-11,13H,2-7,16H2,1H3,(H,17,18)/t10?,11?,13-/m0/s1. The summed E-state index contributed by atoms with van der Waals surface area (Å²) in [4.78, 5) is 11.6. The number of nitrogens with zero attached hydrogens (tertiary/aromatic N) is 3. The van der Waals surface area contributed by atoms with Gasteiger partial charge in [-0.15, -0.1) is 0 Å². The lowest BCUT2D eigenvalue weighted by Crippen LogP contribution is -2.16. The highest BCUT2D eigenvalue weighted by atomic mass is 16.5. The van der Waals surface area contributed by atoms with Gasteiger partial charge in [0.15, 0.2) is 5.82 Å². The Labute approximate surface area is 124 Å². The van der Waals surface area contributed by atoms with Gasteiger partial charge in [-0.2, -0.15) is 4.98 Å². The first-order valence-corrected chi connectivity index (χ1v) is 7.82. The van der Waals surface area contributed by atoms with E-state index in [9.17, 15) is 0 Å². The first kappa shape index (κ1) is 14.3. The lowest BCUT2D eigenvalue weighted by molar-refractivity contribution is 0.296. The van der Waals surface area contributed by atoms with E-state index >= 15 is 0 Å². The number of H-pyrrole nitrogens is 1. The maximum absolute atomic E-state index is 6.14. The molecule has 3 N–H and O–H groups in total. The van der Waals surface area contributed by atoms with Crippen LogP contribution in [0.15, 0.2) is 17.0 Å². The van der Waals surface area contributed by atoms with Crippen LogP contribution in [0.25, 0.3) is 0 Å².